The maximum absolute atomic E-state index is 8.39. The van der Waals surface area contributed by atoms with E-state index in [4.69, 9.17) is 5.11 Å². The average molecular weight is 122 g/mol. The van der Waals surface area contributed by atoms with E-state index in [0.717, 1.165) is 11.0 Å². The highest BCUT2D eigenvalue weighted by atomic mass is 16.3. The molecule has 0 radical (unpaired) electrons. The van der Waals surface area contributed by atoms with Crippen molar-refractivity contribution < 1.29 is 15.1 Å². The number of hydrogen-bond acceptors (Lipinski definition) is 1. The first-order valence-electron chi connectivity index (χ1n) is 2.47. The molecule has 0 rings (SSSR count). The standard InChI is InChI=1S/C5H14NO.H2O/c1-6(2,3)4-5-7;/h7H,4-5H2,1-3H3;1H2/q+1;. The summed E-state index contributed by atoms with van der Waals surface area (Å²) >= 11 is 0. The topological polar surface area (TPSA) is 51.7 Å². The molecule has 0 heterocycles. The Labute approximate surface area is 50.4 Å². The maximum atomic E-state index is 8.39. The van der Waals surface area contributed by atoms with Gasteiger partial charge in [0.25, 0.3) is 0 Å². The molecule has 0 aliphatic rings. The second-order valence-corrected chi connectivity index (χ2v) is 2.74. The van der Waals surface area contributed by atoms with Crippen molar-refractivity contribution in [2.24, 2.45) is 0 Å². The Morgan fingerprint density at radius 3 is 1.62 bits per heavy atom. The highest BCUT2D eigenvalue weighted by molar-refractivity contribution is 4.19. The fourth-order valence-corrected chi connectivity index (χ4v) is 0.300. The molecule has 0 bridgehead atoms. The quantitative estimate of drug-likeness (QED) is 0.462. The zero-order valence-corrected chi connectivity index (χ0v) is 5.81. The van der Waals surface area contributed by atoms with E-state index in [0.29, 0.717) is 0 Å². The molecular formula is C5H16NO2+. The largest absolute Gasteiger partial charge is 0.412 e. The van der Waals surface area contributed by atoms with E-state index in [2.05, 4.69) is 21.1 Å². The fourth-order valence-electron chi connectivity index (χ4n) is 0.300. The molecule has 52 valence electrons. The van der Waals surface area contributed by atoms with Crippen molar-refractivity contribution in [3.05, 3.63) is 0 Å². The molecule has 0 aromatic heterocycles. The summed E-state index contributed by atoms with van der Waals surface area (Å²) in [7, 11) is 6.16. The first kappa shape index (κ1) is 10.8. The minimum atomic E-state index is 0. The van der Waals surface area contributed by atoms with Gasteiger partial charge in [0.15, 0.2) is 0 Å². The Hall–Kier alpha value is -0.120. The van der Waals surface area contributed by atoms with Gasteiger partial charge in [-0.2, -0.15) is 0 Å². The van der Waals surface area contributed by atoms with E-state index in [1.54, 1.807) is 0 Å². The molecule has 0 amide bonds. The summed E-state index contributed by atoms with van der Waals surface area (Å²) in [5.74, 6) is 0. The first-order chi connectivity index (χ1) is 3.06. The van der Waals surface area contributed by atoms with E-state index >= 15 is 0 Å². The number of hydrogen-bond donors (Lipinski definition) is 1. The highest BCUT2D eigenvalue weighted by Crippen LogP contribution is 1.84. The zero-order valence-electron chi connectivity index (χ0n) is 5.81. The van der Waals surface area contributed by atoms with Crippen LogP contribution >= 0.6 is 0 Å². The molecule has 0 aromatic carbocycles. The fraction of sp³-hybridized carbons (Fsp3) is 1.00. The van der Waals surface area contributed by atoms with Gasteiger partial charge in [-0.25, -0.2) is 0 Å². The highest BCUT2D eigenvalue weighted by Gasteiger charge is 2.02. The summed E-state index contributed by atoms with van der Waals surface area (Å²) in [5, 5.41) is 8.39. The lowest BCUT2D eigenvalue weighted by atomic mass is 10.5. The zero-order chi connectivity index (χ0) is 5.91. The Bertz CT molecular complexity index is 48.9. The Morgan fingerprint density at radius 2 is 1.62 bits per heavy atom. The Morgan fingerprint density at radius 1 is 1.25 bits per heavy atom. The second-order valence-electron chi connectivity index (χ2n) is 2.74. The minimum absolute atomic E-state index is 0. The van der Waals surface area contributed by atoms with Crippen molar-refractivity contribution in [2.75, 3.05) is 34.3 Å². The van der Waals surface area contributed by atoms with E-state index in [-0.39, 0.29) is 12.1 Å². The van der Waals surface area contributed by atoms with Gasteiger partial charge in [-0.05, 0) is 0 Å². The van der Waals surface area contributed by atoms with Gasteiger partial charge in [0.2, 0.25) is 0 Å². The van der Waals surface area contributed by atoms with Crippen LogP contribution in [0.25, 0.3) is 0 Å². The van der Waals surface area contributed by atoms with Gasteiger partial charge < -0.3 is 15.1 Å². The van der Waals surface area contributed by atoms with Crippen molar-refractivity contribution in [1.29, 1.82) is 0 Å². The summed E-state index contributed by atoms with van der Waals surface area (Å²) in [4.78, 5) is 0. The number of aliphatic hydroxyl groups is 1. The van der Waals surface area contributed by atoms with E-state index in [1.165, 1.54) is 0 Å². The number of aliphatic hydroxyl groups excluding tert-OH is 1. The SMILES string of the molecule is C[N+](C)(C)CCO.O. The predicted octanol–water partition coefficient (Wildman–Crippen LogP) is -1.14. The van der Waals surface area contributed by atoms with Gasteiger partial charge >= 0.3 is 0 Å². The smallest absolute Gasteiger partial charge is 0.101 e. The molecule has 3 N–H and O–H groups in total. The number of quaternary nitrogens is 1. The first-order valence-corrected chi connectivity index (χ1v) is 2.47. The number of nitrogens with zero attached hydrogens (tertiary/aromatic N) is 1. The second kappa shape index (κ2) is 3.83. The molecule has 0 aliphatic heterocycles. The van der Waals surface area contributed by atoms with Crippen LogP contribution in [0.4, 0.5) is 0 Å². The van der Waals surface area contributed by atoms with Crippen LogP contribution in [0.15, 0.2) is 0 Å². The van der Waals surface area contributed by atoms with Crippen molar-refractivity contribution in [2.45, 2.75) is 0 Å². The summed E-state index contributed by atoms with van der Waals surface area (Å²) in [6.45, 7) is 1.11. The minimum Gasteiger partial charge on any atom is -0.412 e. The Kier molecular flexibility index (Phi) is 5.17. The van der Waals surface area contributed by atoms with Gasteiger partial charge in [-0.15, -0.1) is 0 Å². The lowest BCUT2D eigenvalue weighted by Crippen LogP contribution is -2.36. The van der Waals surface area contributed by atoms with Crippen LogP contribution < -0.4 is 0 Å². The molecule has 0 unspecified atom stereocenters. The third-order valence-electron chi connectivity index (χ3n) is 0.771. The van der Waals surface area contributed by atoms with E-state index in [9.17, 15) is 0 Å². The summed E-state index contributed by atoms with van der Waals surface area (Å²) in [6, 6.07) is 0. The summed E-state index contributed by atoms with van der Waals surface area (Å²) in [5.41, 5.74) is 0. The third kappa shape index (κ3) is 9.30. The molecule has 3 nitrogen and oxygen atoms in total. The molecule has 0 saturated carbocycles. The maximum Gasteiger partial charge on any atom is 0.101 e. The number of rotatable bonds is 2. The molecule has 0 spiro atoms. The van der Waals surface area contributed by atoms with Gasteiger partial charge in [0, 0.05) is 0 Å². The predicted molar refractivity (Wildman–Crippen MR) is 33.6 cm³/mol. The summed E-state index contributed by atoms with van der Waals surface area (Å²) < 4.78 is 0.844. The summed E-state index contributed by atoms with van der Waals surface area (Å²) in [6.07, 6.45) is 0. The molecule has 0 saturated heterocycles. The van der Waals surface area contributed by atoms with E-state index < -0.39 is 0 Å². The average Bonchev–Trinajstić information content (AvgIpc) is 1.30. The third-order valence-corrected chi connectivity index (χ3v) is 0.771. The van der Waals surface area contributed by atoms with Gasteiger partial charge in [0.05, 0.1) is 27.7 Å². The monoisotopic (exact) mass is 122 g/mol. The van der Waals surface area contributed by atoms with Crippen LogP contribution in [-0.4, -0.2) is 49.4 Å². The van der Waals surface area contributed by atoms with Crippen molar-refractivity contribution in [1.82, 2.24) is 0 Å². The molecule has 8 heavy (non-hydrogen) atoms. The molecular weight excluding hydrogens is 106 g/mol. The van der Waals surface area contributed by atoms with E-state index in [1.807, 2.05) is 0 Å². The lowest BCUT2D eigenvalue weighted by molar-refractivity contribution is -0.870. The van der Waals surface area contributed by atoms with Crippen LogP contribution in [0.5, 0.6) is 0 Å². The molecule has 0 fully saturated rings. The molecule has 0 aromatic rings. The van der Waals surface area contributed by atoms with Crippen LogP contribution in [-0.2, 0) is 0 Å². The van der Waals surface area contributed by atoms with Crippen molar-refractivity contribution in [3.63, 3.8) is 0 Å². The lowest BCUT2D eigenvalue weighted by Gasteiger charge is -2.21. The molecule has 0 aliphatic carbocycles. The van der Waals surface area contributed by atoms with Gasteiger partial charge in [-0.3, -0.25) is 0 Å². The van der Waals surface area contributed by atoms with Crippen LogP contribution in [0.3, 0.4) is 0 Å². The van der Waals surface area contributed by atoms with Gasteiger partial charge in [-0.1, -0.05) is 0 Å². The normalized spacial score (nSPS) is 10.5. The van der Waals surface area contributed by atoms with Crippen molar-refractivity contribution >= 4 is 0 Å². The van der Waals surface area contributed by atoms with Crippen LogP contribution in [0.1, 0.15) is 0 Å². The van der Waals surface area contributed by atoms with Crippen molar-refractivity contribution in [3.8, 4) is 0 Å². The molecule has 0 atom stereocenters. The Balaban J connectivity index is 0. The van der Waals surface area contributed by atoms with Crippen LogP contribution in [0.2, 0.25) is 0 Å². The van der Waals surface area contributed by atoms with Crippen LogP contribution in [0, 0.1) is 0 Å². The van der Waals surface area contributed by atoms with Gasteiger partial charge in [0.1, 0.15) is 6.54 Å². The molecule has 3 heteroatoms. The number of likely N-dealkylation sites (N-methyl/N-ethyl adjacent to an activating group) is 1.